The highest BCUT2D eigenvalue weighted by Crippen LogP contribution is 2.29. The summed E-state index contributed by atoms with van der Waals surface area (Å²) in [7, 11) is -3.96. The van der Waals surface area contributed by atoms with Crippen LogP contribution in [-0.4, -0.2) is 38.3 Å². The second-order valence-corrected chi connectivity index (χ2v) is 9.25. The maximum atomic E-state index is 13.9. The molecule has 1 amide bonds. The van der Waals surface area contributed by atoms with E-state index in [9.17, 15) is 30.8 Å². The molecule has 0 saturated carbocycles. The number of carbonyl (C=O) groups excluding carboxylic acids is 1. The lowest BCUT2D eigenvalue weighted by Gasteiger charge is -2.30. The maximum absolute atomic E-state index is 13.9. The molecule has 0 atom stereocenters. The molecule has 0 bridgehead atoms. The number of alkyl halides is 3. The second kappa shape index (κ2) is 9.35. The van der Waals surface area contributed by atoms with Gasteiger partial charge in [0, 0.05) is 25.6 Å². The summed E-state index contributed by atoms with van der Waals surface area (Å²) in [5.41, 5.74) is -0.0588. The molecule has 1 aliphatic rings. The zero-order valence-corrected chi connectivity index (χ0v) is 17.3. The number of sulfonamides is 1. The van der Waals surface area contributed by atoms with E-state index in [0.29, 0.717) is 24.8 Å². The van der Waals surface area contributed by atoms with Gasteiger partial charge in [-0.3, -0.25) is 4.79 Å². The fraction of sp³-hybridized carbons (Fsp3) is 0.381. The Morgan fingerprint density at radius 3 is 2.23 bits per heavy atom. The van der Waals surface area contributed by atoms with Gasteiger partial charge >= 0.3 is 6.18 Å². The summed E-state index contributed by atoms with van der Waals surface area (Å²) in [5, 5.41) is 2.75. The van der Waals surface area contributed by atoms with Crippen molar-refractivity contribution < 1.29 is 30.8 Å². The molecule has 0 unspecified atom stereocenters. The SMILES string of the molecule is O=C(NCCc1ccc(C(F)(F)F)cc1)C1CCN(S(=O)(=O)c2ccccc2F)CC1. The fourth-order valence-corrected chi connectivity index (χ4v) is 5.02. The zero-order valence-electron chi connectivity index (χ0n) is 16.5. The van der Waals surface area contributed by atoms with Crippen molar-refractivity contribution >= 4 is 15.9 Å². The van der Waals surface area contributed by atoms with Gasteiger partial charge in [-0.2, -0.15) is 17.5 Å². The minimum atomic E-state index is -4.39. The van der Waals surface area contributed by atoms with Gasteiger partial charge in [0.15, 0.2) is 0 Å². The Bertz CT molecular complexity index is 1020. The fourth-order valence-electron chi connectivity index (χ4n) is 3.49. The van der Waals surface area contributed by atoms with Gasteiger partial charge in [0.05, 0.1) is 5.56 Å². The third kappa shape index (κ3) is 5.62. The van der Waals surface area contributed by atoms with Crippen LogP contribution < -0.4 is 5.32 Å². The second-order valence-electron chi connectivity index (χ2n) is 7.34. The highest BCUT2D eigenvalue weighted by molar-refractivity contribution is 7.89. The molecule has 2 aromatic rings. The van der Waals surface area contributed by atoms with Crippen molar-refractivity contribution in [3.8, 4) is 0 Å². The number of nitrogens with zero attached hydrogens (tertiary/aromatic N) is 1. The standard InChI is InChI=1S/C21H22F4N2O3S/c22-18-3-1-2-4-19(18)31(29,30)27-13-10-16(11-14-27)20(28)26-12-9-15-5-7-17(8-6-15)21(23,24)25/h1-8,16H,9-14H2,(H,26,28). The van der Waals surface area contributed by atoms with Gasteiger partial charge < -0.3 is 5.32 Å². The van der Waals surface area contributed by atoms with E-state index >= 15 is 0 Å². The quantitative estimate of drug-likeness (QED) is 0.673. The number of rotatable bonds is 6. The van der Waals surface area contributed by atoms with E-state index < -0.39 is 27.6 Å². The Morgan fingerprint density at radius 1 is 1.03 bits per heavy atom. The van der Waals surface area contributed by atoms with Crippen molar-refractivity contribution in [3.05, 3.63) is 65.5 Å². The summed E-state index contributed by atoms with van der Waals surface area (Å²) in [6.45, 7) is 0.471. The number of benzene rings is 2. The molecule has 1 N–H and O–H groups in total. The van der Waals surface area contributed by atoms with Crippen LogP contribution in [0.5, 0.6) is 0 Å². The molecule has 1 aliphatic heterocycles. The maximum Gasteiger partial charge on any atom is 0.416 e. The molecule has 0 radical (unpaired) electrons. The molecule has 2 aromatic carbocycles. The van der Waals surface area contributed by atoms with Crippen LogP contribution in [0.25, 0.3) is 0 Å². The van der Waals surface area contributed by atoms with Crippen LogP contribution in [0.2, 0.25) is 0 Å². The van der Waals surface area contributed by atoms with Crippen LogP contribution in [0.1, 0.15) is 24.0 Å². The van der Waals surface area contributed by atoms with E-state index in [1.807, 2.05) is 0 Å². The molecule has 0 spiro atoms. The summed E-state index contributed by atoms with van der Waals surface area (Å²) < 4.78 is 78.0. The minimum Gasteiger partial charge on any atom is -0.356 e. The number of hydrogen-bond acceptors (Lipinski definition) is 3. The first-order valence-electron chi connectivity index (χ1n) is 9.77. The third-order valence-electron chi connectivity index (χ3n) is 5.27. The molecule has 10 heteroatoms. The van der Waals surface area contributed by atoms with Crippen molar-refractivity contribution in [2.24, 2.45) is 5.92 Å². The Morgan fingerprint density at radius 2 is 1.65 bits per heavy atom. The number of carbonyl (C=O) groups is 1. The molecule has 0 aliphatic carbocycles. The van der Waals surface area contributed by atoms with Crippen LogP contribution in [0.4, 0.5) is 17.6 Å². The molecular formula is C21H22F4N2O3S. The van der Waals surface area contributed by atoms with Gasteiger partial charge in [0.1, 0.15) is 10.7 Å². The minimum absolute atomic E-state index is 0.105. The lowest BCUT2D eigenvalue weighted by molar-refractivity contribution is -0.137. The highest BCUT2D eigenvalue weighted by Gasteiger charge is 2.33. The van der Waals surface area contributed by atoms with E-state index in [0.717, 1.165) is 18.2 Å². The zero-order chi connectivity index (χ0) is 22.6. The lowest BCUT2D eigenvalue weighted by Crippen LogP contribution is -2.43. The van der Waals surface area contributed by atoms with Gasteiger partial charge in [-0.1, -0.05) is 24.3 Å². The Kier molecular flexibility index (Phi) is 7.00. The van der Waals surface area contributed by atoms with Gasteiger partial charge in [-0.25, -0.2) is 12.8 Å². The van der Waals surface area contributed by atoms with Crippen molar-refractivity contribution in [3.63, 3.8) is 0 Å². The molecule has 5 nitrogen and oxygen atoms in total. The molecule has 168 valence electrons. The molecule has 3 rings (SSSR count). The lowest BCUT2D eigenvalue weighted by atomic mass is 9.97. The number of halogens is 4. The molecule has 1 saturated heterocycles. The highest BCUT2D eigenvalue weighted by atomic mass is 32.2. The average Bonchev–Trinajstić information content (AvgIpc) is 2.73. The van der Waals surface area contributed by atoms with Crippen molar-refractivity contribution in [2.45, 2.75) is 30.3 Å². The van der Waals surface area contributed by atoms with Crippen LogP contribution >= 0.6 is 0 Å². The van der Waals surface area contributed by atoms with Gasteiger partial charge in [0.25, 0.3) is 0 Å². The summed E-state index contributed by atoms with van der Waals surface area (Å²) >= 11 is 0. The van der Waals surface area contributed by atoms with E-state index in [1.54, 1.807) is 0 Å². The molecular weight excluding hydrogens is 436 g/mol. The Balaban J connectivity index is 1.48. The first-order chi connectivity index (χ1) is 14.6. The number of amides is 1. The van der Waals surface area contributed by atoms with Crippen molar-refractivity contribution in [1.29, 1.82) is 0 Å². The van der Waals surface area contributed by atoms with E-state index in [1.165, 1.54) is 34.6 Å². The normalized spacial score (nSPS) is 16.3. The van der Waals surface area contributed by atoms with Gasteiger partial charge in [-0.05, 0) is 49.1 Å². The predicted octanol–water partition coefficient (Wildman–Crippen LogP) is 3.60. The van der Waals surface area contributed by atoms with Crippen molar-refractivity contribution in [1.82, 2.24) is 9.62 Å². The Labute approximate surface area is 178 Å². The summed E-state index contributed by atoms with van der Waals surface area (Å²) in [6.07, 6.45) is -3.40. The van der Waals surface area contributed by atoms with E-state index in [4.69, 9.17) is 0 Å². The third-order valence-corrected chi connectivity index (χ3v) is 7.21. The van der Waals surface area contributed by atoms with E-state index in [2.05, 4.69) is 5.32 Å². The average molecular weight is 458 g/mol. The van der Waals surface area contributed by atoms with Crippen LogP contribution in [0.15, 0.2) is 53.4 Å². The Hall–Kier alpha value is -2.46. The topological polar surface area (TPSA) is 66.5 Å². The molecule has 0 aromatic heterocycles. The largest absolute Gasteiger partial charge is 0.416 e. The number of hydrogen-bond donors (Lipinski definition) is 1. The van der Waals surface area contributed by atoms with Crippen LogP contribution in [-0.2, 0) is 27.4 Å². The first kappa shape index (κ1) is 23.2. The molecule has 1 heterocycles. The first-order valence-corrected chi connectivity index (χ1v) is 11.2. The molecule has 31 heavy (non-hydrogen) atoms. The summed E-state index contributed by atoms with van der Waals surface area (Å²) in [6, 6.07) is 9.92. The smallest absolute Gasteiger partial charge is 0.356 e. The van der Waals surface area contributed by atoms with Crippen LogP contribution in [0.3, 0.4) is 0 Å². The van der Waals surface area contributed by atoms with Crippen molar-refractivity contribution in [2.75, 3.05) is 19.6 Å². The summed E-state index contributed by atoms with van der Waals surface area (Å²) in [5.74, 6) is -1.42. The number of piperidine rings is 1. The monoisotopic (exact) mass is 458 g/mol. The number of nitrogens with one attached hydrogen (secondary N) is 1. The van der Waals surface area contributed by atoms with Crippen LogP contribution in [0, 0.1) is 11.7 Å². The molecule has 1 fully saturated rings. The predicted molar refractivity (Wildman–Crippen MR) is 106 cm³/mol. The summed E-state index contributed by atoms with van der Waals surface area (Å²) in [4.78, 5) is 12.0. The van der Waals surface area contributed by atoms with E-state index in [-0.39, 0.29) is 36.4 Å². The van der Waals surface area contributed by atoms with Gasteiger partial charge in [0.2, 0.25) is 15.9 Å². The van der Waals surface area contributed by atoms with Gasteiger partial charge in [-0.15, -0.1) is 0 Å².